The van der Waals surface area contributed by atoms with Crippen LogP contribution in [0.25, 0.3) is 0 Å². The summed E-state index contributed by atoms with van der Waals surface area (Å²) in [7, 11) is 0. The van der Waals surface area contributed by atoms with Gasteiger partial charge in [-0.3, -0.25) is 4.79 Å². The Bertz CT molecular complexity index is 716. The van der Waals surface area contributed by atoms with Crippen LogP contribution in [0, 0.1) is 11.6 Å². The minimum atomic E-state index is -0.324. The highest BCUT2D eigenvalue weighted by molar-refractivity contribution is 5.76. The molecule has 1 atom stereocenters. The van der Waals surface area contributed by atoms with Gasteiger partial charge in [0.25, 0.3) is 5.91 Å². The maximum Gasteiger partial charge on any atom is 0.275 e. The monoisotopic (exact) mass is 331 g/mol. The standard InChI is InChI=1S/C19H20F2N2O/c20-17-7-3-1-5-14(17)11-22-19(24)13-23(16-9-10-16)12-15-6-2-4-8-18(15)21/h1-8,16H,9-13H2,(H,22,24)/p+1. The van der Waals surface area contributed by atoms with Gasteiger partial charge in [0.2, 0.25) is 0 Å². The van der Waals surface area contributed by atoms with Crippen LogP contribution < -0.4 is 10.2 Å². The minimum Gasteiger partial charge on any atom is -0.347 e. The summed E-state index contributed by atoms with van der Waals surface area (Å²) in [4.78, 5) is 13.3. The van der Waals surface area contributed by atoms with Crippen molar-refractivity contribution in [1.29, 1.82) is 0 Å². The number of halogens is 2. The van der Waals surface area contributed by atoms with Crippen LogP contribution in [0.15, 0.2) is 48.5 Å². The lowest BCUT2D eigenvalue weighted by Gasteiger charge is -2.19. The zero-order valence-corrected chi connectivity index (χ0v) is 13.4. The van der Waals surface area contributed by atoms with Crippen molar-refractivity contribution in [2.24, 2.45) is 0 Å². The van der Waals surface area contributed by atoms with Crippen LogP contribution >= 0.6 is 0 Å². The first-order valence-electron chi connectivity index (χ1n) is 8.21. The molecule has 1 amide bonds. The second-order valence-electron chi connectivity index (χ2n) is 6.25. The zero-order chi connectivity index (χ0) is 16.9. The molecule has 3 rings (SSSR count). The highest BCUT2D eigenvalue weighted by atomic mass is 19.1. The molecule has 0 radical (unpaired) electrons. The smallest absolute Gasteiger partial charge is 0.275 e. The molecule has 24 heavy (non-hydrogen) atoms. The topological polar surface area (TPSA) is 33.5 Å². The second kappa shape index (κ2) is 7.53. The van der Waals surface area contributed by atoms with Crippen molar-refractivity contribution in [1.82, 2.24) is 5.32 Å². The Balaban J connectivity index is 1.57. The molecule has 0 heterocycles. The summed E-state index contributed by atoms with van der Waals surface area (Å²) in [6, 6.07) is 13.5. The molecule has 2 N–H and O–H groups in total. The predicted molar refractivity (Wildman–Crippen MR) is 87.2 cm³/mol. The molecule has 2 aromatic carbocycles. The van der Waals surface area contributed by atoms with Crippen molar-refractivity contribution in [3.05, 3.63) is 71.3 Å². The highest BCUT2D eigenvalue weighted by Gasteiger charge is 2.35. The summed E-state index contributed by atoms with van der Waals surface area (Å²) in [5.74, 6) is -0.700. The van der Waals surface area contributed by atoms with Gasteiger partial charge in [0, 0.05) is 30.5 Å². The molecule has 0 aromatic heterocycles. The van der Waals surface area contributed by atoms with E-state index in [1.54, 1.807) is 36.4 Å². The fraction of sp³-hybridized carbons (Fsp3) is 0.316. The van der Waals surface area contributed by atoms with Gasteiger partial charge in [-0.1, -0.05) is 36.4 Å². The van der Waals surface area contributed by atoms with Crippen LogP contribution in [0.1, 0.15) is 24.0 Å². The lowest BCUT2D eigenvalue weighted by molar-refractivity contribution is -0.917. The molecule has 0 bridgehead atoms. The summed E-state index contributed by atoms with van der Waals surface area (Å²) in [5.41, 5.74) is 1.09. The number of hydrogen-bond acceptors (Lipinski definition) is 1. The highest BCUT2D eigenvalue weighted by Crippen LogP contribution is 2.16. The fourth-order valence-corrected chi connectivity index (χ4v) is 2.83. The van der Waals surface area contributed by atoms with Gasteiger partial charge in [-0.2, -0.15) is 0 Å². The molecule has 2 aromatic rings. The average molecular weight is 331 g/mol. The van der Waals surface area contributed by atoms with E-state index in [1.807, 2.05) is 0 Å². The van der Waals surface area contributed by atoms with Crippen molar-refractivity contribution in [3.8, 4) is 0 Å². The van der Waals surface area contributed by atoms with E-state index < -0.39 is 0 Å². The Kier molecular flexibility index (Phi) is 5.20. The third-order valence-corrected chi connectivity index (χ3v) is 4.35. The second-order valence-corrected chi connectivity index (χ2v) is 6.25. The number of rotatable bonds is 7. The Morgan fingerprint density at radius 1 is 1.00 bits per heavy atom. The lowest BCUT2D eigenvalue weighted by atomic mass is 10.2. The Morgan fingerprint density at radius 2 is 1.58 bits per heavy atom. The maximum atomic E-state index is 13.8. The number of carbonyl (C=O) groups is 1. The van der Waals surface area contributed by atoms with E-state index >= 15 is 0 Å². The molecule has 0 saturated heterocycles. The van der Waals surface area contributed by atoms with Crippen LogP contribution in [0.5, 0.6) is 0 Å². The molecule has 1 aliphatic rings. The number of hydrogen-bond donors (Lipinski definition) is 2. The third kappa shape index (κ3) is 4.38. The van der Waals surface area contributed by atoms with Gasteiger partial charge in [0.1, 0.15) is 18.2 Å². The van der Waals surface area contributed by atoms with Gasteiger partial charge in [-0.25, -0.2) is 8.78 Å². The molecular weight excluding hydrogens is 310 g/mol. The summed E-state index contributed by atoms with van der Waals surface area (Å²) in [6.07, 6.45) is 2.12. The van der Waals surface area contributed by atoms with Crippen LogP contribution in [-0.2, 0) is 17.9 Å². The number of carbonyl (C=O) groups excluding carboxylic acids is 1. The van der Waals surface area contributed by atoms with E-state index in [2.05, 4.69) is 5.32 Å². The fourth-order valence-electron chi connectivity index (χ4n) is 2.83. The molecule has 1 fully saturated rings. The van der Waals surface area contributed by atoms with E-state index in [-0.39, 0.29) is 30.6 Å². The van der Waals surface area contributed by atoms with Crippen LogP contribution in [-0.4, -0.2) is 18.5 Å². The molecule has 1 unspecified atom stereocenters. The molecule has 0 aliphatic heterocycles. The van der Waals surface area contributed by atoms with Crippen molar-refractivity contribution in [3.63, 3.8) is 0 Å². The molecular formula is C19H21F2N2O+. The van der Waals surface area contributed by atoms with Gasteiger partial charge in [0.05, 0.1) is 6.04 Å². The predicted octanol–water partition coefficient (Wildman–Crippen LogP) is 1.83. The third-order valence-electron chi connectivity index (χ3n) is 4.35. The van der Waals surface area contributed by atoms with Crippen molar-refractivity contribution in [2.75, 3.05) is 6.54 Å². The maximum absolute atomic E-state index is 13.8. The largest absolute Gasteiger partial charge is 0.347 e. The Labute approximate surface area is 140 Å². The number of nitrogens with one attached hydrogen (secondary N) is 2. The van der Waals surface area contributed by atoms with Crippen LogP contribution in [0.3, 0.4) is 0 Å². The molecule has 3 nitrogen and oxygen atoms in total. The van der Waals surface area contributed by atoms with E-state index in [1.165, 1.54) is 12.1 Å². The Hall–Kier alpha value is -2.27. The van der Waals surface area contributed by atoms with E-state index in [4.69, 9.17) is 0 Å². The molecule has 5 heteroatoms. The molecule has 0 spiro atoms. The normalized spacial score (nSPS) is 15.1. The zero-order valence-electron chi connectivity index (χ0n) is 13.4. The van der Waals surface area contributed by atoms with Crippen molar-refractivity contribution >= 4 is 5.91 Å². The first-order valence-corrected chi connectivity index (χ1v) is 8.21. The summed E-state index contributed by atoms with van der Waals surface area (Å²) < 4.78 is 27.4. The number of amides is 1. The van der Waals surface area contributed by atoms with Crippen molar-refractivity contribution < 1.29 is 18.5 Å². The molecule has 126 valence electrons. The van der Waals surface area contributed by atoms with E-state index in [0.717, 1.165) is 17.7 Å². The van der Waals surface area contributed by atoms with Gasteiger partial charge < -0.3 is 10.2 Å². The lowest BCUT2D eigenvalue weighted by Crippen LogP contribution is -3.13. The van der Waals surface area contributed by atoms with Gasteiger partial charge >= 0.3 is 0 Å². The van der Waals surface area contributed by atoms with Gasteiger partial charge in [-0.05, 0) is 12.1 Å². The van der Waals surface area contributed by atoms with Gasteiger partial charge in [0.15, 0.2) is 6.54 Å². The average Bonchev–Trinajstić information content (AvgIpc) is 3.40. The minimum absolute atomic E-state index is 0.142. The molecule has 1 saturated carbocycles. The first kappa shape index (κ1) is 16.6. The van der Waals surface area contributed by atoms with E-state index in [0.29, 0.717) is 23.7 Å². The van der Waals surface area contributed by atoms with Crippen LogP contribution in [0.4, 0.5) is 8.78 Å². The summed E-state index contributed by atoms with van der Waals surface area (Å²) >= 11 is 0. The van der Waals surface area contributed by atoms with Crippen molar-refractivity contribution in [2.45, 2.75) is 32.0 Å². The van der Waals surface area contributed by atoms with Gasteiger partial charge in [-0.15, -0.1) is 0 Å². The number of benzene rings is 2. The molecule has 1 aliphatic carbocycles. The Morgan fingerprint density at radius 3 is 2.17 bits per heavy atom. The number of quaternary nitrogens is 1. The first-order chi connectivity index (χ1) is 11.6. The quantitative estimate of drug-likeness (QED) is 0.797. The van der Waals surface area contributed by atoms with Crippen LogP contribution in [0.2, 0.25) is 0 Å². The summed E-state index contributed by atoms with van der Waals surface area (Å²) in [6.45, 7) is 0.932. The summed E-state index contributed by atoms with van der Waals surface area (Å²) in [5, 5.41) is 2.76. The van der Waals surface area contributed by atoms with E-state index in [9.17, 15) is 13.6 Å². The SMILES string of the molecule is O=C(C[NH+](Cc1ccccc1F)C1CC1)NCc1ccccc1F.